The summed E-state index contributed by atoms with van der Waals surface area (Å²) in [6.07, 6.45) is 0. The Labute approximate surface area is 101 Å². The summed E-state index contributed by atoms with van der Waals surface area (Å²) in [5, 5.41) is 3.36. The molecule has 0 amide bonds. The molecular formula is C15H16FN. The Kier molecular flexibility index (Phi) is 3.76. The largest absolute Gasteiger partial charge is 0.381 e. The fraction of sp³-hybridized carbons (Fsp3) is 0.200. The first-order valence-corrected chi connectivity index (χ1v) is 5.73. The Hall–Kier alpha value is -1.83. The van der Waals surface area contributed by atoms with Crippen molar-refractivity contribution in [2.45, 2.75) is 20.1 Å². The molecule has 0 aliphatic heterocycles. The van der Waals surface area contributed by atoms with Gasteiger partial charge >= 0.3 is 0 Å². The number of alkyl halides is 1. The van der Waals surface area contributed by atoms with Gasteiger partial charge < -0.3 is 5.32 Å². The van der Waals surface area contributed by atoms with Gasteiger partial charge in [0.1, 0.15) is 6.67 Å². The normalized spacial score (nSPS) is 10.2. The summed E-state index contributed by atoms with van der Waals surface area (Å²) in [6.45, 7) is 2.38. The van der Waals surface area contributed by atoms with Crippen LogP contribution in [0.1, 0.15) is 16.7 Å². The lowest BCUT2D eigenvalue weighted by Crippen LogP contribution is -2.01. The molecule has 88 valence electrons. The van der Waals surface area contributed by atoms with E-state index in [1.54, 1.807) is 0 Å². The van der Waals surface area contributed by atoms with Crippen molar-refractivity contribution in [2.75, 3.05) is 5.32 Å². The molecule has 1 N–H and O–H groups in total. The van der Waals surface area contributed by atoms with Crippen molar-refractivity contribution in [1.29, 1.82) is 0 Å². The molecular weight excluding hydrogens is 213 g/mol. The van der Waals surface area contributed by atoms with Crippen LogP contribution in [-0.4, -0.2) is 0 Å². The first kappa shape index (κ1) is 11.6. The molecule has 0 heterocycles. The van der Waals surface area contributed by atoms with Gasteiger partial charge in [-0.2, -0.15) is 0 Å². The maximum atomic E-state index is 12.5. The van der Waals surface area contributed by atoms with E-state index >= 15 is 0 Å². The summed E-state index contributed by atoms with van der Waals surface area (Å²) in [7, 11) is 0. The van der Waals surface area contributed by atoms with Crippen molar-refractivity contribution < 1.29 is 4.39 Å². The summed E-state index contributed by atoms with van der Waals surface area (Å²) in [5.74, 6) is 0. The van der Waals surface area contributed by atoms with E-state index in [1.807, 2.05) is 43.3 Å². The molecule has 2 aromatic carbocycles. The van der Waals surface area contributed by atoms with E-state index in [-0.39, 0.29) is 0 Å². The SMILES string of the molecule is Cc1cc(CF)ccc1NCc1ccccc1. The summed E-state index contributed by atoms with van der Waals surface area (Å²) < 4.78 is 12.5. The average Bonchev–Trinajstić information content (AvgIpc) is 2.38. The predicted molar refractivity (Wildman–Crippen MR) is 69.8 cm³/mol. The van der Waals surface area contributed by atoms with E-state index in [4.69, 9.17) is 0 Å². The highest BCUT2D eigenvalue weighted by molar-refractivity contribution is 5.52. The fourth-order valence-electron chi connectivity index (χ4n) is 1.80. The first-order chi connectivity index (χ1) is 8.29. The number of rotatable bonds is 4. The van der Waals surface area contributed by atoms with Gasteiger partial charge in [0, 0.05) is 12.2 Å². The van der Waals surface area contributed by atoms with Crippen molar-refractivity contribution in [1.82, 2.24) is 0 Å². The van der Waals surface area contributed by atoms with Crippen molar-refractivity contribution in [3.8, 4) is 0 Å². The van der Waals surface area contributed by atoms with Crippen molar-refractivity contribution >= 4 is 5.69 Å². The van der Waals surface area contributed by atoms with Crippen LogP contribution in [0.5, 0.6) is 0 Å². The van der Waals surface area contributed by atoms with Gasteiger partial charge in [-0.05, 0) is 29.7 Å². The number of nitrogens with one attached hydrogen (secondary N) is 1. The number of benzene rings is 2. The van der Waals surface area contributed by atoms with Crippen LogP contribution in [0.15, 0.2) is 48.5 Å². The highest BCUT2D eigenvalue weighted by Gasteiger charge is 1.99. The molecule has 0 fully saturated rings. The second-order valence-corrected chi connectivity index (χ2v) is 4.12. The number of halogens is 1. The topological polar surface area (TPSA) is 12.0 Å². The fourth-order valence-corrected chi connectivity index (χ4v) is 1.80. The standard InChI is InChI=1S/C15H16FN/c1-12-9-14(10-16)7-8-15(12)17-11-13-5-3-2-4-6-13/h2-9,17H,10-11H2,1H3. The molecule has 0 unspecified atom stereocenters. The number of aryl methyl sites for hydroxylation is 1. The van der Waals surface area contributed by atoms with E-state index in [9.17, 15) is 4.39 Å². The van der Waals surface area contributed by atoms with E-state index in [0.717, 1.165) is 23.4 Å². The van der Waals surface area contributed by atoms with Crippen LogP contribution in [0.3, 0.4) is 0 Å². The average molecular weight is 229 g/mol. The third-order valence-electron chi connectivity index (χ3n) is 2.77. The minimum atomic E-state index is -0.403. The minimum Gasteiger partial charge on any atom is -0.381 e. The molecule has 0 saturated carbocycles. The van der Waals surface area contributed by atoms with Gasteiger partial charge in [-0.25, -0.2) is 4.39 Å². The maximum absolute atomic E-state index is 12.5. The first-order valence-electron chi connectivity index (χ1n) is 5.73. The lowest BCUT2D eigenvalue weighted by molar-refractivity contribution is 0.485. The molecule has 2 heteroatoms. The van der Waals surface area contributed by atoms with Gasteiger partial charge in [0.2, 0.25) is 0 Å². The smallest absolute Gasteiger partial charge is 0.115 e. The lowest BCUT2D eigenvalue weighted by Gasteiger charge is -2.10. The van der Waals surface area contributed by atoms with Gasteiger partial charge in [-0.1, -0.05) is 42.5 Å². The van der Waals surface area contributed by atoms with Gasteiger partial charge in [0.15, 0.2) is 0 Å². The Morgan fingerprint density at radius 3 is 2.41 bits per heavy atom. The Morgan fingerprint density at radius 1 is 1.00 bits per heavy atom. The molecule has 2 aromatic rings. The molecule has 17 heavy (non-hydrogen) atoms. The predicted octanol–water partition coefficient (Wildman–Crippen LogP) is 4.08. The molecule has 0 radical (unpaired) electrons. The molecule has 1 nitrogen and oxygen atoms in total. The molecule has 0 aromatic heterocycles. The van der Waals surface area contributed by atoms with Gasteiger partial charge in [0.25, 0.3) is 0 Å². The van der Waals surface area contributed by atoms with Crippen LogP contribution < -0.4 is 5.32 Å². The van der Waals surface area contributed by atoms with Crippen LogP contribution in [0.25, 0.3) is 0 Å². The molecule has 0 aliphatic rings. The van der Waals surface area contributed by atoms with Gasteiger partial charge in [-0.15, -0.1) is 0 Å². The molecule has 2 rings (SSSR count). The number of hydrogen-bond acceptors (Lipinski definition) is 1. The highest BCUT2D eigenvalue weighted by Crippen LogP contribution is 2.18. The summed E-state index contributed by atoms with van der Waals surface area (Å²) in [4.78, 5) is 0. The number of hydrogen-bond donors (Lipinski definition) is 1. The Morgan fingerprint density at radius 2 is 1.76 bits per heavy atom. The summed E-state index contributed by atoms with van der Waals surface area (Å²) in [6, 6.07) is 15.9. The van der Waals surface area contributed by atoms with Crippen LogP contribution >= 0.6 is 0 Å². The lowest BCUT2D eigenvalue weighted by atomic mass is 10.1. The molecule has 0 atom stereocenters. The van der Waals surface area contributed by atoms with Gasteiger partial charge in [0.05, 0.1) is 0 Å². The Balaban J connectivity index is 2.04. The second-order valence-electron chi connectivity index (χ2n) is 4.12. The van der Waals surface area contributed by atoms with E-state index in [0.29, 0.717) is 0 Å². The van der Waals surface area contributed by atoms with E-state index in [1.165, 1.54) is 5.56 Å². The van der Waals surface area contributed by atoms with Crippen molar-refractivity contribution in [3.05, 3.63) is 65.2 Å². The van der Waals surface area contributed by atoms with E-state index in [2.05, 4.69) is 17.4 Å². The molecule has 0 saturated heterocycles. The zero-order valence-electron chi connectivity index (χ0n) is 9.91. The van der Waals surface area contributed by atoms with Gasteiger partial charge in [-0.3, -0.25) is 0 Å². The molecule has 0 aliphatic carbocycles. The quantitative estimate of drug-likeness (QED) is 0.833. The van der Waals surface area contributed by atoms with Crippen LogP contribution in [0, 0.1) is 6.92 Å². The second kappa shape index (κ2) is 5.48. The third-order valence-corrected chi connectivity index (χ3v) is 2.77. The van der Waals surface area contributed by atoms with Crippen LogP contribution in [0.4, 0.5) is 10.1 Å². The zero-order valence-corrected chi connectivity index (χ0v) is 9.91. The Bertz CT molecular complexity index is 480. The zero-order chi connectivity index (χ0) is 12.1. The van der Waals surface area contributed by atoms with E-state index < -0.39 is 6.67 Å². The van der Waals surface area contributed by atoms with Crippen molar-refractivity contribution in [2.24, 2.45) is 0 Å². The maximum Gasteiger partial charge on any atom is 0.115 e. The highest BCUT2D eigenvalue weighted by atomic mass is 19.1. The van der Waals surface area contributed by atoms with Crippen LogP contribution in [0.2, 0.25) is 0 Å². The van der Waals surface area contributed by atoms with Crippen LogP contribution in [-0.2, 0) is 13.2 Å². The summed E-state index contributed by atoms with van der Waals surface area (Å²) in [5.41, 5.74) is 4.11. The molecule has 0 spiro atoms. The number of anilines is 1. The van der Waals surface area contributed by atoms with Crippen molar-refractivity contribution in [3.63, 3.8) is 0 Å². The monoisotopic (exact) mass is 229 g/mol. The minimum absolute atomic E-state index is 0.403. The molecule has 0 bridgehead atoms. The summed E-state index contributed by atoms with van der Waals surface area (Å²) >= 11 is 0. The third kappa shape index (κ3) is 3.06.